The number of hydrogen-bond donors (Lipinski definition) is 0. The van der Waals surface area contributed by atoms with Gasteiger partial charge in [-0.25, -0.2) is 0 Å². The van der Waals surface area contributed by atoms with E-state index >= 15 is 0 Å². The molecule has 1 fully saturated rings. The Labute approximate surface area is 76.1 Å². The zero-order chi connectivity index (χ0) is 8.81. The second kappa shape index (κ2) is 5.04. The van der Waals surface area contributed by atoms with Crippen LogP contribution < -0.4 is 0 Å². The van der Waals surface area contributed by atoms with E-state index in [4.69, 9.17) is 13.0 Å². The van der Waals surface area contributed by atoms with Crippen LogP contribution in [-0.4, -0.2) is 0 Å². The van der Waals surface area contributed by atoms with Crippen molar-refractivity contribution in [2.24, 2.45) is 11.8 Å². The van der Waals surface area contributed by atoms with Crippen molar-refractivity contribution in [3.63, 3.8) is 0 Å². The minimum Gasteiger partial charge on any atom is -0.119 e. The van der Waals surface area contributed by atoms with Gasteiger partial charge in [0.2, 0.25) is 0 Å². The number of rotatable bonds is 4. The minimum atomic E-state index is 0.200. The molecular weight excluding hydrogens is 144 g/mol. The second-order valence-corrected chi connectivity index (χ2v) is 3.69. The monoisotopic (exact) mass is 161 g/mol. The van der Waals surface area contributed by atoms with E-state index in [1.807, 2.05) is 0 Å². The fourth-order valence-corrected chi connectivity index (χ4v) is 1.95. The van der Waals surface area contributed by atoms with Crippen molar-refractivity contribution in [1.82, 2.24) is 0 Å². The molecule has 0 aromatic rings. The summed E-state index contributed by atoms with van der Waals surface area (Å²) in [7, 11) is 0. The van der Waals surface area contributed by atoms with Crippen LogP contribution >= 0.6 is 0 Å². The molecule has 0 spiro atoms. The summed E-state index contributed by atoms with van der Waals surface area (Å²) in [6, 6.07) is 0. The normalized spacial score (nSPS) is 20.2. The summed E-state index contributed by atoms with van der Waals surface area (Å²) in [6.45, 7) is 5.40. The molecule has 0 aliphatic heterocycles. The molecule has 0 aromatic heterocycles. The molecule has 0 saturated heterocycles. The molecule has 0 N–H and O–H groups in total. The van der Waals surface area contributed by atoms with Crippen LogP contribution in [0, 0.1) is 30.8 Å². The number of terminal acetylenes is 1. The SMILES string of the molecule is [CH]=CC(C#C)CCC1CCCC1. The Morgan fingerprint density at radius 1 is 1.42 bits per heavy atom. The predicted octanol–water partition coefficient (Wildman–Crippen LogP) is 3.20. The first kappa shape index (κ1) is 9.39. The summed E-state index contributed by atoms with van der Waals surface area (Å²) in [4.78, 5) is 0. The molecule has 0 aromatic carbocycles. The van der Waals surface area contributed by atoms with Crippen LogP contribution in [0.4, 0.5) is 0 Å². The molecule has 1 aliphatic carbocycles. The van der Waals surface area contributed by atoms with Crippen molar-refractivity contribution >= 4 is 0 Å². The summed E-state index contributed by atoms with van der Waals surface area (Å²) in [5, 5.41) is 0. The Kier molecular flexibility index (Phi) is 3.94. The standard InChI is InChI=1S/C12H17/c1-3-11(4-2)9-10-12-7-5-6-8-12/h1-3,11-12H,5-10H2. The second-order valence-electron chi connectivity index (χ2n) is 3.69. The maximum absolute atomic E-state index is 5.40. The van der Waals surface area contributed by atoms with E-state index in [0.29, 0.717) is 0 Å². The van der Waals surface area contributed by atoms with Crippen LogP contribution in [0.2, 0.25) is 0 Å². The third-order valence-corrected chi connectivity index (χ3v) is 2.81. The molecule has 12 heavy (non-hydrogen) atoms. The Morgan fingerprint density at radius 2 is 2.08 bits per heavy atom. The van der Waals surface area contributed by atoms with Gasteiger partial charge in [0, 0.05) is 5.92 Å². The minimum absolute atomic E-state index is 0.200. The molecule has 65 valence electrons. The molecule has 1 radical (unpaired) electrons. The fraction of sp³-hybridized carbons (Fsp3) is 0.667. The first-order valence-electron chi connectivity index (χ1n) is 4.88. The highest BCUT2D eigenvalue weighted by Crippen LogP contribution is 2.29. The molecule has 1 aliphatic rings. The third-order valence-electron chi connectivity index (χ3n) is 2.81. The Hall–Kier alpha value is -0.700. The molecule has 1 atom stereocenters. The fourth-order valence-electron chi connectivity index (χ4n) is 1.95. The summed E-state index contributed by atoms with van der Waals surface area (Å²) in [5.74, 6) is 3.83. The topological polar surface area (TPSA) is 0 Å². The van der Waals surface area contributed by atoms with Crippen LogP contribution in [0.3, 0.4) is 0 Å². The van der Waals surface area contributed by atoms with Gasteiger partial charge in [-0.05, 0) is 18.8 Å². The van der Waals surface area contributed by atoms with E-state index in [0.717, 1.165) is 12.3 Å². The van der Waals surface area contributed by atoms with Crippen LogP contribution in [0.25, 0.3) is 0 Å². The average molecular weight is 161 g/mol. The van der Waals surface area contributed by atoms with Crippen LogP contribution in [0.15, 0.2) is 6.08 Å². The van der Waals surface area contributed by atoms with Crippen LogP contribution in [0.1, 0.15) is 38.5 Å². The van der Waals surface area contributed by atoms with Gasteiger partial charge in [0.1, 0.15) is 0 Å². The summed E-state index contributed by atoms with van der Waals surface area (Å²) in [6.07, 6.45) is 14.9. The lowest BCUT2D eigenvalue weighted by molar-refractivity contribution is 0.467. The highest BCUT2D eigenvalue weighted by atomic mass is 14.2. The van der Waals surface area contributed by atoms with E-state index < -0.39 is 0 Å². The van der Waals surface area contributed by atoms with Gasteiger partial charge in [0.05, 0.1) is 0 Å². The first-order chi connectivity index (χ1) is 5.86. The maximum atomic E-state index is 5.40. The summed E-state index contributed by atoms with van der Waals surface area (Å²) < 4.78 is 0. The Balaban J connectivity index is 2.15. The van der Waals surface area contributed by atoms with Crippen molar-refractivity contribution in [3.8, 4) is 12.3 Å². The lowest BCUT2D eigenvalue weighted by Crippen LogP contribution is -1.98. The quantitative estimate of drug-likeness (QED) is 0.555. The highest BCUT2D eigenvalue weighted by Gasteiger charge is 2.15. The highest BCUT2D eigenvalue weighted by molar-refractivity contribution is 5.01. The molecule has 0 bridgehead atoms. The lowest BCUT2D eigenvalue weighted by Gasteiger charge is -2.09. The van der Waals surface area contributed by atoms with E-state index in [2.05, 4.69) is 5.92 Å². The summed E-state index contributed by atoms with van der Waals surface area (Å²) in [5.41, 5.74) is 0. The Morgan fingerprint density at radius 3 is 2.58 bits per heavy atom. The molecule has 0 nitrogen and oxygen atoms in total. The van der Waals surface area contributed by atoms with E-state index in [1.165, 1.54) is 32.1 Å². The van der Waals surface area contributed by atoms with Crippen LogP contribution in [0.5, 0.6) is 0 Å². The van der Waals surface area contributed by atoms with Gasteiger partial charge >= 0.3 is 0 Å². The van der Waals surface area contributed by atoms with E-state index in [9.17, 15) is 0 Å². The van der Waals surface area contributed by atoms with Crippen molar-refractivity contribution in [2.75, 3.05) is 0 Å². The molecule has 1 unspecified atom stereocenters. The molecule has 1 saturated carbocycles. The van der Waals surface area contributed by atoms with Gasteiger partial charge in [-0.15, -0.1) is 6.42 Å². The van der Waals surface area contributed by atoms with E-state index in [1.54, 1.807) is 6.08 Å². The van der Waals surface area contributed by atoms with Crippen molar-refractivity contribution in [2.45, 2.75) is 38.5 Å². The predicted molar refractivity (Wildman–Crippen MR) is 52.4 cm³/mol. The van der Waals surface area contributed by atoms with Gasteiger partial charge in [0.15, 0.2) is 0 Å². The van der Waals surface area contributed by atoms with Crippen molar-refractivity contribution < 1.29 is 0 Å². The lowest BCUT2D eigenvalue weighted by atomic mass is 9.95. The van der Waals surface area contributed by atoms with Crippen molar-refractivity contribution in [1.29, 1.82) is 0 Å². The maximum Gasteiger partial charge on any atom is 0.0383 e. The smallest absolute Gasteiger partial charge is 0.0383 e. The van der Waals surface area contributed by atoms with Gasteiger partial charge < -0.3 is 0 Å². The number of allylic oxidation sites excluding steroid dienone is 1. The van der Waals surface area contributed by atoms with Gasteiger partial charge in [-0.3, -0.25) is 0 Å². The van der Waals surface area contributed by atoms with Crippen molar-refractivity contribution in [3.05, 3.63) is 12.7 Å². The van der Waals surface area contributed by atoms with Gasteiger partial charge in [-0.1, -0.05) is 44.3 Å². The Bertz CT molecular complexity index is 167. The molecule has 0 amide bonds. The van der Waals surface area contributed by atoms with Gasteiger partial charge in [-0.2, -0.15) is 0 Å². The molecular formula is C12H17. The van der Waals surface area contributed by atoms with E-state index in [-0.39, 0.29) is 5.92 Å². The average Bonchev–Trinajstić information content (AvgIpc) is 2.59. The zero-order valence-corrected chi connectivity index (χ0v) is 7.63. The molecule has 0 heteroatoms. The summed E-state index contributed by atoms with van der Waals surface area (Å²) >= 11 is 0. The first-order valence-corrected chi connectivity index (χ1v) is 4.88. The third kappa shape index (κ3) is 2.74. The number of hydrogen-bond acceptors (Lipinski definition) is 0. The molecule has 1 rings (SSSR count). The molecule has 0 heterocycles. The van der Waals surface area contributed by atoms with Gasteiger partial charge in [0.25, 0.3) is 0 Å². The van der Waals surface area contributed by atoms with Crippen LogP contribution in [-0.2, 0) is 0 Å². The zero-order valence-electron chi connectivity index (χ0n) is 7.63. The largest absolute Gasteiger partial charge is 0.119 e.